The Morgan fingerprint density at radius 2 is 1.68 bits per heavy atom. The second-order valence-electron chi connectivity index (χ2n) is 12.1. The molecule has 0 atom stereocenters. The number of fused-ring (bicyclic) bond motifs is 1. The molecular formula is C29H41N3O5S. The van der Waals surface area contributed by atoms with E-state index in [0.29, 0.717) is 23.8 Å². The number of ether oxygens (including phenoxy) is 2. The van der Waals surface area contributed by atoms with Gasteiger partial charge in [0.15, 0.2) is 11.5 Å². The maximum absolute atomic E-state index is 13.3. The number of hydrogen-bond acceptors (Lipinski definition) is 5. The largest absolute Gasteiger partial charge is 0.485 e. The normalized spacial score (nSPS) is 18.7. The van der Waals surface area contributed by atoms with Crippen LogP contribution in [0.25, 0.3) is 11.3 Å². The fraction of sp³-hybridized carbons (Fsp3) is 0.621. The van der Waals surface area contributed by atoms with Crippen molar-refractivity contribution in [1.29, 1.82) is 0 Å². The Bertz CT molecular complexity index is 1300. The maximum atomic E-state index is 13.3. The molecule has 0 bridgehead atoms. The van der Waals surface area contributed by atoms with Crippen LogP contribution in [-0.4, -0.2) is 43.7 Å². The van der Waals surface area contributed by atoms with Crippen LogP contribution in [0.2, 0.25) is 0 Å². The molecule has 2 N–H and O–H groups in total. The van der Waals surface area contributed by atoms with Gasteiger partial charge in [0.05, 0.1) is 11.3 Å². The lowest BCUT2D eigenvalue weighted by Crippen LogP contribution is -2.40. The number of nitrogens with one attached hydrogen (secondary N) is 2. The van der Waals surface area contributed by atoms with Crippen molar-refractivity contribution < 1.29 is 22.7 Å². The molecule has 208 valence electrons. The minimum Gasteiger partial charge on any atom is -0.485 e. The van der Waals surface area contributed by atoms with Crippen LogP contribution in [0, 0.1) is 12.8 Å². The molecule has 8 nitrogen and oxygen atoms in total. The van der Waals surface area contributed by atoms with Gasteiger partial charge < -0.3 is 19.4 Å². The van der Waals surface area contributed by atoms with Crippen LogP contribution < -0.4 is 19.5 Å². The Morgan fingerprint density at radius 3 is 2.32 bits per heavy atom. The van der Waals surface area contributed by atoms with Crippen LogP contribution in [-0.2, 0) is 16.6 Å². The summed E-state index contributed by atoms with van der Waals surface area (Å²) in [5, 5.41) is 3.19. The first-order chi connectivity index (χ1) is 18.0. The first kappa shape index (κ1) is 27.1. The molecule has 1 aromatic carbocycles. The summed E-state index contributed by atoms with van der Waals surface area (Å²) in [5.74, 6) is 1.14. The van der Waals surface area contributed by atoms with Crippen molar-refractivity contribution in [2.75, 3.05) is 13.2 Å². The van der Waals surface area contributed by atoms with E-state index in [1.165, 1.54) is 32.1 Å². The molecule has 2 fully saturated rings. The summed E-state index contributed by atoms with van der Waals surface area (Å²) in [4.78, 5) is 13.4. The minimum atomic E-state index is -3.84. The van der Waals surface area contributed by atoms with Gasteiger partial charge in [0, 0.05) is 29.4 Å². The van der Waals surface area contributed by atoms with Gasteiger partial charge in [-0.3, -0.25) is 4.79 Å². The summed E-state index contributed by atoms with van der Waals surface area (Å²) in [6, 6.07) is 5.58. The highest BCUT2D eigenvalue weighted by Gasteiger charge is 2.33. The van der Waals surface area contributed by atoms with E-state index >= 15 is 0 Å². The van der Waals surface area contributed by atoms with Gasteiger partial charge in [-0.05, 0) is 83.9 Å². The zero-order chi connectivity index (χ0) is 27.1. The van der Waals surface area contributed by atoms with Crippen molar-refractivity contribution in [1.82, 2.24) is 14.6 Å². The third kappa shape index (κ3) is 5.59. The number of carbonyl (C=O) groups is 1. The number of amides is 1. The van der Waals surface area contributed by atoms with Crippen molar-refractivity contribution in [2.45, 2.75) is 102 Å². The molecule has 0 unspecified atom stereocenters. The Morgan fingerprint density at radius 1 is 1.00 bits per heavy atom. The van der Waals surface area contributed by atoms with E-state index in [1.807, 2.05) is 13.0 Å². The smallest absolute Gasteiger partial charge is 0.253 e. The molecule has 38 heavy (non-hydrogen) atoms. The molecule has 2 aliphatic carbocycles. The lowest BCUT2D eigenvalue weighted by atomic mass is 9.89. The molecule has 0 radical (unpaired) electrons. The van der Waals surface area contributed by atoms with E-state index < -0.39 is 15.6 Å². The minimum absolute atomic E-state index is 0.0459. The molecule has 1 aromatic heterocycles. The summed E-state index contributed by atoms with van der Waals surface area (Å²) in [7, 11) is -3.84. The molecule has 2 saturated carbocycles. The topological polar surface area (TPSA) is 98.7 Å². The van der Waals surface area contributed by atoms with Crippen LogP contribution in [0.3, 0.4) is 0 Å². The Labute approximate surface area is 226 Å². The second kappa shape index (κ2) is 10.6. The molecule has 0 saturated heterocycles. The Hall–Kier alpha value is -2.52. The first-order valence-electron chi connectivity index (χ1n) is 14.0. The zero-order valence-corrected chi connectivity index (χ0v) is 23.9. The van der Waals surface area contributed by atoms with E-state index in [0.717, 1.165) is 42.8 Å². The average Bonchev–Trinajstić information content (AvgIpc) is 3.15. The molecule has 0 spiro atoms. The third-order valence-electron chi connectivity index (χ3n) is 7.88. The standard InChI is InChI=1S/C29H41N3O5S/c1-19-23(28(33)30-21-11-8-12-21)17-24(32(19)18-20-9-6-5-7-10-20)22-13-14-25(27-26(22)36-15-16-37-27)38(34,35)31-29(2,3)4/h13-14,17,20-21,31H,5-12,15-16,18H2,1-4H3,(H,30,33). The van der Waals surface area contributed by atoms with E-state index in [-0.39, 0.29) is 29.2 Å². The van der Waals surface area contributed by atoms with Crippen molar-refractivity contribution in [3.8, 4) is 22.8 Å². The quantitative estimate of drug-likeness (QED) is 0.502. The van der Waals surface area contributed by atoms with E-state index in [9.17, 15) is 13.2 Å². The van der Waals surface area contributed by atoms with Crippen molar-refractivity contribution >= 4 is 15.9 Å². The molecule has 2 heterocycles. The number of rotatable bonds is 7. The monoisotopic (exact) mass is 543 g/mol. The van der Waals surface area contributed by atoms with Crippen LogP contribution in [0.5, 0.6) is 11.5 Å². The SMILES string of the molecule is Cc1c(C(=O)NC2CCC2)cc(-c2ccc(S(=O)(=O)NC(C)(C)C)c3c2OCCO3)n1CC1CCCCC1. The highest BCUT2D eigenvalue weighted by Crippen LogP contribution is 2.45. The highest BCUT2D eigenvalue weighted by atomic mass is 32.2. The average molecular weight is 544 g/mol. The van der Waals surface area contributed by atoms with Gasteiger partial charge in [-0.15, -0.1) is 0 Å². The lowest BCUT2D eigenvalue weighted by Gasteiger charge is -2.27. The summed E-state index contributed by atoms with van der Waals surface area (Å²) in [6.07, 6.45) is 9.29. The zero-order valence-electron chi connectivity index (χ0n) is 23.1. The van der Waals surface area contributed by atoms with E-state index in [4.69, 9.17) is 9.47 Å². The van der Waals surface area contributed by atoms with Gasteiger partial charge in [-0.25, -0.2) is 13.1 Å². The number of hydrogen-bond donors (Lipinski definition) is 2. The van der Waals surface area contributed by atoms with Crippen molar-refractivity contribution in [2.24, 2.45) is 5.92 Å². The fourth-order valence-electron chi connectivity index (χ4n) is 5.76. The molecular weight excluding hydrogens is 502 g/mol. The van der Waals surface area contributed by atoms with Crippen LogP contribution in [0.4, 0.5) is 0 Å². The number of carbonyl (C=O) groups excluding carboxylic acids is 1. The number of sulfonamides is 1. The number of aromatic nitrogens is 1. The van der Waals surface area contributed by atoms with Gasteiger partial charge in [0.25, 0.3) is 5.91 Å². The fourth-order valence-corrected chi connectivity index (χ4v) is 7.32. The van der Waals surface area contributed by atoms with Gasteiger partial charge in [0.1, 0.15) is 18.1 Å². The van der Waals surface area contributed by atoms with Crippen LogP contribution >= 0.6 is 0 Å². The predicted molar refractivity (Wildman–Crippen MR) is 147 cm³/mol. The number of nitrogens with zero attached hydrogens (tertiary/aromatic N) is 1. The van der Waals surface area contributed by atoms with Gasteiger partial charge >= 0.3 is 0 Å². The maximum Gasteiger partial charge on any atom is 0.253 e. The number of benzene rings is 1. The van der Waals surface area contributed by atoms with Gasteiger partial charge in [-0.1, -0.05) is 19.3 Å². The summed E-state index contributed by atoms with van der Waals surface area (Å²) in [5.41, 5.74) is 2.56. The molecule has 1 amide bonds. The molecule has 1 aliphatic heterocycles. The summed E-state index contributed by atoms with van der Waals surface area (Å²) >= 11 is 0. The second-order valence-corrected chi connectivity index (χ2v) is 13.7. The van der Waals surface area contributed by atoms with E-state index in [2.05, 4.69) is 14.6 Å². The van der Waals surface area contributed by atoms with Crippen molar-refractivity contribution in [3.05, 3.63) is 29.5 Å². The van der Waals surface area contributed by atoms with Crippen molar-refractivity contribution in [3.63, 3.8) is 0 Å². The van der Waals surface area contributed by atoms with Crippen LogP contribution in [0.15, 0.2) is 23.1 Å². The Balaban J connectivity index is 1.60. The molecule has 9 heteroatoms. The predicted octanol–water partition coefficient (Wildman–Crippen LogP) is 5.17. The lowest BCUT2D eigenvalue weighted by molar-refractivity contribution is 0.0916. The first-order valence-corrected chi connectivity index (χ1v) is 15.5. The highest BCUT2D eigenvalue weighted by molar-refractivity contribution is 7.89. The third-order valence-corrected chi connectivity index (χ3v) is 9.66. The molecule has 2 aromatic rings. The molecule has 3 aliphatic rings. The molecule has 5 rings (SSSR count). The van der Waals surface area contributed by atoms with Crippen LogP contribution in [0.1, 0.15) is 88.2 Å². The summed E-state index contributed by atoms with van der Waals surface area (Å²) in [6.45, 7) is 8.84. The summed E-state index contributed by atoms with van der Waals surface area (Å²) < 4.78 is 43.5. The van der Waals surface area contributed by atoms with E-state index in [1.54, 1.807) is 32.9 Å². The van der Waals surface area contributed by atoms with Gasteiger partial charge in [0.2, 0.25) is 10.0 Å². The Kier molecular flexibility index (Phi) is 7.52. The van der Waals surface area contributed by atoms with Gasteiger partial charge in [-0.2, -0.15) is 0 Å².